The highest BCUT2D eigenvalue weighted by molar-refractivity contribution is 5.26. The molecule has 1 rings (SSSR count). The monoisotopic (exact) mass is 193 g/mol. The molecule has 0 saturated carbocycles. The third-order valence-electron chi connectivity index (χ3n) is 2.48. The molecule has 0 aliphatic heterocycles. The van der Waals surface area contributed by atoms with E-state index in [0.29, 0.717) is 0 Å². The largest absolute Gasteiger partial charge is 0.271 e. The third-order valence-corrected chi connectivity index (χ3v) is 2.48. The highest BCUT2D eigenvalue weighted by Gasteiger charge is 2.11. The van der Waals surface area contributed by atoms with Gasteiger partial charge in [0.05, 0.1) is 0 Å². The van der Waals surface area contributed by atoms with E-state index in [1.54, 1.807) is 0 Å². The molecule has 0 bridgehead atoms. The van der Waals surface area contributed by atoms with Gasteiger partial charge in [-0.05, 0) is 30.0 Å². The van der Waals surface area contributed by atoms with Crippen molar-refractivity contribution in [2.24, 2.45) is 5.84 Å². The summed E-state index contributed by atoms with van der Waals surface area (Å²) in [6.45, 7) is 4.30. The summed E-state index contributed by atoms with van der Waals surface area (Å²) in [7, 11) is 0. The van der Waals surface area contributed by atoms with Crippen LogP contribution < -0.4 is 11.3 Å². The van der Waals surface area contributed by atoms with E-state index in [1.807, 2.05) is 12.4 Å². The van der Waals surface area contributed by atoms with Gasteiger partial charge in [0.2, 0.25) is 0 Å². The van der Waals surface area contributed by atoms with E-state index in [4.69, 9.17) is 5.84 Å². The van der Waals surface area contributed by atoms with Crippen molar-refractivity contribution in [1.29, 1.82) is 0 Å². The minimum Gasteiger partial charge on any atom is -0.271 e. The first-order valence-corrected chi connectivity index (χ1v) is 5.22. The van der Waals surface area contributed by atoms with Crippen LogP contribution in [0.1, 0.15) is 43.9 Å². The average molecular weight is 193 g/mol. The van der Waals surface area contributed by atoms with E-state index < -0.39 is 0 Å². The Balaban J connectivity index is 2.90. The number of nitrogens with two attached hydrogens (primary N) is 1. The Morgan fingerprint density at radius 3 is 2.86 bits per heavy atom. The van der Waals surface area contributed by atoms with Crippen molar-refractivity contribution >= 4 is 0 Å². The molecule has 1 unspecified atom stereocenters. The number of rotatable bonds is 5. The van der Waals surface area contributed by atoms with Crippen molar-refractivity contribution in [2.75, 3.05) is 0 Å². The fourth-order valence-electron chi connectivity index (χ4n) is 1.69. The highest BCUT2D eigenvalue weighted by Crippen LogP contribution is 2.20. The summed E-state index contributed by atoms with van der Waals surface area (Å²) < 4.78 is 0. The van der Waals surface area contributed by atoms with Gasteiger partial charge in [-0.15, -0.1) is 0 Å². The van der Waals surface area contributed by atoms with Crippen LogP contribution in [0, 0.1) is 0 Å². The summed E-state index contributed by atoms with van der Waals surface area (Å²) in [6, 6.07) is 2.32. The number of hydrogen-bond acceptors (Lipinski definition) is 3. The Kier molecular flexibility index (Phi) is 4.56. The fraction of sp³-hybridized carbons (Fsp3) is 0.545. The summed E-state index contributed by atoms with van der Waals surface area (Å²) in [5.74, 6) is 5.54. The molecule has 0 saturated heterocycles. The van der Waals surface area contributed by atoms with E-state index in [2.05, 4.69) is 30.3 Å². The lowest BCUT2D eigenvalue weighted by Gasteiger charge is -2.18. The van der Waals surface area contributed by atoms with Gasteiger partial charge in [0.15, 0.2) is 0 Å². The van der Waals surface area contributed by atoms with Gasteiger partial charge in [0, 0.05) is 18.4 Å². The number of pyridine rings is 1. The lowest BCUT2D eigenvalue weighted by atomic mass is 9.98. The zero-order valence-electron chi connectivity index (χ0n) is 8.96. The molecular weight excluding hydrogens is 174 g/mol. The normalized spacial score (nSPS) is 12.8. The van der Waals surface area contributed by atoms with E-state index in [0.717, 1.165) is 19.3 Å². The van der Waals surface area contributed by atoms with Crippen molar-refractivity contribution in [2.45, 2.75) is 39.2 Å². The highest BCUT2D eigenvalue weighted by atomic mass is 15.2. The van der Waals surface area contributed by atoms with E-state index in [1.165, 1.54) is 11.1 Å². The quantitative estimate of drug-likeness (QED) is 0.555. The summed E-state index contributed by atoms with van der Waals surface area (Å²) in [4.78, 5) is 4.12. The van der Waals surface area contributed by atoms with Gasteiger partial charge in [-0.25, -0.2) is 0 Å². The molecule has 0 aliphatic carbocycles. The number of nitrogens with zero attached hydrogens (tertiary/aromatic N) is 1. The molecule has 1 atom stereocenters. The van der Waals surface area contributed by atoms with Gasteiger partial charge >= 0.3 is 0 Å². The Labute approximate surface area is 85.7 Å². The van der Waals surface area contributed by atoms with Gasteiger partial charge in [0.25, 0.3) is 0 Å². The van der Waals surface area contributed by atoms with E-state index in [-0.39, 0.29) is 6.04 Å². The lowest BCUT2D eigenvalue weighted by molar-refractivity contribution is 0.506. The maximum Gasteiger partial charge on any atom is 0.0463 e. The zero-order valence-corrected chi connectivity index (χ0v) is 8.96. The Bertz CT molecular complexity index is 273. The second-order valence-electron chi connectivity index (χ2n) is 3.44. The molecular formula is C11H19N3. The number of hydrazine groups is 1. The molecule has 1 aromatic rings. The molecule has 3 nitrogen and oxygen atoms in total. The predicted molar refractivity (Wildman–Crippen MR) is 58.6 cm³/mol. The first-order chi connectivity index (χ1) is 6.83. The molecule has 14 heavy (non-hydrogen) atoms. The van der Waals surface area contributed by atoms with Gasteiger partial charge in [0.1, 0.15) is 0 Å². The molecule has 3 heteroatoms. The van der Waals surface area contributed by atoms with Gasteiger partial charge < -0.3 is 0 Å². The van der Waals surface area contributed by atoms with Crippen LogP contribution >= 0.6 is 0 Å². The molecule has 1 aromatic heterocycles. The number of nitrogens with one attached hydrogen (secondary N) is 1. The summed E-state index contributed by atoms with van der Waals surface area (Å²) in [5.41, 5.74) is 5.43. The first-order valence-electron chi connectivity index (χ1n) is 5.22. The van der Waals surface area contributed by atoms with Gasteiger partial charge in [-0.2, -0.15) is 0 Å². The summed E-state index contributed by atoms with van der Waals surface area (Å²) in [5, 5.41) is 0. The Hall–Kier alpha value is -0.930. The van der Waals surface area contributed by atoms with Crippen molar-refractivity contribution in [3.8, 4) is 0 Å². The van der Waals surface area contributed by atoms with Crippen LogP contribution in [0.2, 0.25) is 0 Å². The molecule has 1 heterocycles. The lowest BCUT2D eigenvalue weighted by Crippen LogP contribution is -2.28. The molecule has 0 aliphatic rings. The fourth-order valence-corrected chi connectivity index (χ4v) is 1.69. The van der Waals surface area contributed by atoms with E-state index >= 15 is 0 Å². The molecule has 0 radical (unpaired) electrons. The standard InChI is InChI=1S/C11H19N3/c1-3-5-11(14-12)10-6-7-13-8-9(10)4-2/h6-8,11,14H,3-5,12H2,1-2H3. The number of hydrogen-bond donors (Lipinski definition) is 2. The second-order valence-corrected chi connectivity index (χ2v) is 3.44. The summed E-state index contributed by atoms with van der Waals surface area (Å²) >= 11 is 0. The molecule has 0 amide bonds. The van der Waals surface area contributed by atoms with Crippen molar-refractivity contribution < 1.29 is 0 Å². The van der Waals surface area contributed by atoms with Crippen molar-refractivity contribution in [1.82, 2.24) is 10.4 Å². The third kappa shape index (κ3) is 2.53. The van der Waals surface area contributed by atoms with Crippen molar-refractivity contribution in [3.63, 3.8) is 0 Å². The van der Waals surface area contributed by atoms with Crippen LogP contribution in [0.3, 0.4) is 0 Å². The van der Waals surface area contributed by atoms with Crippen LogP contribution in [-0.4, -0.2) is 4.98 Å². The number of aromatic nitrogens is 1. The summed E-state index contributed by atoms with van der Waals surface area (Å²) in [6.07, 6.45) is 6.95. The SMILES string of the molecule is CCCC(NN)c1ccncc1CC. The smallest absolute Gasteiger partial charge is 0.0463 e. The van der Waals surface area contributed by atoms with Crippen LogP contribution in [0.4, 0.5) is 0 Å². The maximum atomic E-state index is 5.54. The van der Waals surface area contributed by atoms with Gasteiger partial charge in [-0.1, -0.05) is 20.3 Å². The van der Waals surface area contributed by atoms with Crippen LogP contribution in [-0.2, 0) is 6.42 Å². The van der Waals surface area contributed by atoms with Crippen LogP contribution in [0.25, 0.3) is 0 Å². The minimum absolute atomic E-state index is 0.262. The first kappa shape index (κ1) is 11.1. The van der Waals surface area contributed by atoms with E-state index in [9.17, 15) is 0 Å². The van der Waals surface area contributed by atoms with Crippen molar-refractivity contribution in [3.05, 3.63) is 29.6 Å². The van der Waals surface area contributed by atoms with Crippen LogP contribution in [0.5, 0.6) is 0 Å². The molecule has 0 aromatic carbocycles. The van der Waals surface area contributed by atoms with Crippen LogP contribution in [0.15, 0.2) is 18.5 Å². The topological polar surface area (TPSA) is 50.9 Å². The second kappa shape index (κ2) is 5.73. The van der Waals surface area contributed by atoms with Gasteiger partial charge in [-0.3, -0.25) is 16.3 Å². The molecule has 78 valence electrons. The predicted octanol–water partition coefficient (Wildman–Crippen LogP) is 1.95. The average Bonchev–Trinajstić information content (AvgIpc) is 2.26. The Morgan fingerprint density at radius 2 is 2.29 bits per heavy atom. The molecule has 0 spiro atoms. The molecule has 0 fully saturated rings. The molecule has 3 N–H and O–H groups in total. The zero-order chi connectivity index (χ0) is 10.4. The Morgan fingerprint density at radius 1 is 1.50 bits per heavy atom. The maximum absolute atomic E-state index is 5.54. The minimum atomic E-state index is 0.262. The number of aryl methyl sites for hydroxylation is 1.